The van der Waals surface area contributed by atoms with Crippen molar-refractivity contribution in [2.75, 3.05) is 0 Å². The van der Waals surface area contributed by atoms with Gasteiger partial charge in [-0.2, -0.15) is 0 Å². The Labute approximate surface area is 129 Å². The number of aryl methyl sites for hydroxylation is 2. The van der Waals surface area contributed by atoms with E-state index in [0.29, 0.717) is 11.3 Å². The van der Waals surface area contributed by atoms with Crippen LogP contribution >= 0.6 is 0 Å². The first-order valence-corrected chi connectivity index (χ1v) is 7.19. The first kappa shape index (κ1) is 14.4. The third-order valence-corrected chi connectivity index (χ3v) is 3.81. The van der Waals surface area contributed by atoms with Crippen LogP contribution in [-0.4, -0.2) is 10.2 Å². The van der Waals surface area contributed by atoms with Gasteiger partial charge in [-0.1, -0.05) is 30.4 Å². The van der Waals surface area contributed by atoms with Gasteiger partial charge in [0.1, 0.15) is 17.4 Å². The molecule has 1 unspecified atom stereocenters. The maximum absolute atomic E-state index is 10.4. The van der Waals surface area contributed by atoms with Crippen molar-refractivity contribution in [3.8, 4) is 5.75 Å². The number of phenols is 1. The van der Waals surface area contributed by atoms with Crippen molar-refractivity contribution in [2.24, 2.45) is 0 Å². The summed E-state index contributed by atoms with van der Waals surface area (Å²) in [6.07, 6.45) is 4.45. The van der Waals surface area contributed by atoms with Crippen molar-refractivity contribution in [3.05, 3.63) is 71.0 Å². The Morgan fingerprint density at radius 3 is 2.55 bits per heavy atom. The highest BCUT2D eigenvalue weighted by molar-refractivity contribution is 5.81. The Morgan fingerprint density at radius 2 is 1.82 bits per heavy atom. The Balaban J connectivity index is 1.91. The summed E-state index contributed by atoms with van der Waals surface area (Å²) in [5.41, 5.74) is 4.03. The van der Waals surface area contributed by atoms with E-state index in [4.69, 9.17) is 4.42 Å². The molecule has 0 radical (unpaired) electrons. The molecule has 3 heteroatoms. The maximum Gasteiger partial charge on any atom is 0.139 e. The molecule has 0 aliphatic rings. The lowest BCUT2D eigenvalue weighted by molar-refractivity contribution is 0.229. The van der Waals surface area contributed by atoms with Crippen LogP contribution in [0.4, 0.5) is 0 Å². The second-order valence-corrected chi connectivity index (χ2v) is 5.49. The van der Waals surface area contributed by atoms with Gasteiger partial charge >= 0.3 is 0 Å². The van der Waals surface area contributed by atoms with E-state index in [1.807, 2.05) is 56.3 Å². The molecule has 0 fully saturated rings. The summed E-state index contributed by atoms with van der Waals surface area (Å²) >= 11 is 0. The molecule has 0 aliphatic carbocycles. The number of hydrogen-bond donors (Lipinski definition) is 2. The molecule has 1 aromatic heterocycles. The average Bonchev–Trinajstić information content (AvgIpc) is 2.98. The summed E-state index contributed by atoms with van der Waals surface area (Å²) in [4.78, 5) is 0. The lowest BCUT2D eigenvalue weighted by atomic mass is 10.0. The molecule has 112 valence electrons. The predicted octanol–water partition coefficient (Wildman–Crippen LogP) is 4.50. The van der Waals surface area contributed by atoms with Gasteiger partial charge in [-0.25, -0.2) is 0 Å². The fourth-order valence-corrected chi connectivity index (χ4v) is 2.64. The number of fused-ring (bicyclic) bond motifs is 1. The molecule has 3 aromatic rings. The van der Waals surface area contributed by atoms with E-state index in [1.54, 1.807) is 12.3 Å². The molecule has 0 spiro atoms. The minimum atomic E-state index is -0.746. The van der Waals surface area contributed by atoms with Crippen molar-refractivity contribution >= 4 is 17.0 Å². The first-order valence-electron chi connectivity index (χ1n) is 7.19. The molecular formula is C19H18O3. The van der Waals surface area contributed by atoms with Crippen molar-refractivity contribution in [1.29, 1.82) is 0 Å². The van der Waals surface area contributed by atoms with E-state index < -0.39 is 6.10 Å². The van der Waals surface area contributed by atoms with Crippen LogP contribution in [-0.2, 0) is 0 Å². The van der Waals surface area contributed by atoms with Crippen LogP contribution in [0.2, 0.25) is 0 Å². The fraction of sp³-hybridized carbons (Fsp3) is 0.158. The zero-order valence-corrected chi connectivity index (χ0v) is 12.6. The number of aliphatic hydroxyl groups excluding tert-OH is 1. The molecule has 3 rings (SSSR count). The van der Waals surface area contributed by atoms with Gasteiger partial charge in [0.05, 0.1) is 6.26 Å². The van der Waals surface area contributed by atoms with E-state index in [2.05, 4.69) is 0 Å². The summed E-state index contributed by atoms with van der Waals surface area (Å²) < 4.78 is 5.45. The monoisotopic (exact) mass is 294 g/mol. The number of furan rings is 1. The van der Waals surface area contributed by atoms with Crippen LogP contribution in [0, 0.1) is 13.8 Å². The molecule has 0 saturated carbocycles. The maximum atomic E-state index is 10.4. The van der Waals surface area contributed by atoms with Gasteiger partial charge in [-0.05, 0) is 48.7 Å². The van der Waals surface area contributed by atoms with Crippen LogP contribution in [0.3, 0.4) is 0 Å². The van der Waals surface area contributed by atoms with E-state index >= 15 is 0 Å². The number of aromatic hydroxyl groups is 1. The van der Waals surface area contributed by atoms with Crippen LogP contribution in [0.15, 0.2) is 53.2 Å². The zero-order valence-electron chi connectivity index (χ0n) is 12.6. The number of para-hydroxylation sites is 1. The van der Waals surface area contributed by atoms with E-state index in [1.165, 1.54) is 0 Å². The smallest absolute Gasteiger partial charge is 0.139 e. The van der Waals surface area contributed by atoms with Crippen LogP contribution in [0.25, 0.3) is 17.0 Å². The molecule has 0 bridgehead atoms. The number of benzene rings is 2. The first-order chi connectivity index (χ1) is 10.6. The Bertz CT molecular complexity index is 820. The summed E-state index contributed by atoms with van der Waals surface area (Å²) in [6, 6.07) is 11.4. The number of aliphatic hydroxyl groups is 1. The van der Waals surface area contributed by atoms with Crippen molar-refractivity contribution in [1.82, 2.24) is 0 Å². The fourth-order valence-electron chi connectivity index (χ4n) is 2.64. The number of hydrogen-bond acceptors (Lipinski definition) is 3. The molecule has 0 saturated heterocycles. The second kappa shape index (κ2) is 5.70. The zero-order chi connectivity index (χ0) is 15.7. The van der Waals surface area contributed by atoms with Crippen LogP contribution in [0.1, 0.15) is 28.4 Å². The number of phenolic OH excluding ortho intramolecular Hbond substituents is 1. The summed E-state index contributed by atoms with van der Waals surface area (Å²) in [5.74, 6) is 0.318. The highest BCUT2D eigenvalue weighted by Gasteiger charge is 2.10. The third-order valence-electron chi connectivity index (χ3n) is 3.81. The minimum absolute atomic E-state index is 0.318. The van der Waals surface area contributed by atoms with E-state index in [-0.39, 0.29) is 0 Å². The Morgan fingerprint density at radius 1 is 1.09 bits per heavy atom. The normalized spacial score (nSPS) is 13.0. The lowest BCUT2D eigenvalue weighted by Crippen LogP contribution is -1.93. The lowest BCUT2D eigenvalue weighted by Gasteiger charge is -2.08. The molecular weight excluding hydrogens is 276 g/mol. The highest BCUT2D eigenvalue weighted by atomic mass is 16.3. The van der Waals surface area contributed by atoms with Crippen molar-refractivity contribution < 1.29 is 14.6 Å². The molecule has 0 amide bonds. The van der Waals surface area contributed by atoms with E-state index in [0.717, 1.165) is 27.6 Å². The number of rotatable bonds is 3. The quantitative estimate of drug-likeness (QED) is 0.747. The van der Waals surface area contributed by atoms with Crippen molar-refractivity contribution in [2.45, 2.75) is 20.0 Å². The molecule has 2 aromatic carbocycles. The van der Waals surface area contributed by atoms with Gasteiger partial charge in [0, 0.05) is 10.9 Å². The van der Waals surface area contributed by atoms with Crippen LogP contribution < -0.4 is 0 Å². The summed E-state index contributed by atoms with van der Waals surface area (Å²) in [5, 5.41) is 21.2. The largest absolute Gasteiger partial charge is 0.507 e. The average molecular weight is 294 g/mol. The standard InChI is InChI=1S/C19H18O3/c1-12-10-14(11-13(2)18(12)21)6-7-17(20)16-5-3-4-15-8-9-22-19(15)16/h3-11,17,20-21H,1-2H3/b7-6+. The van der Waals surface area contributed by atoms with E-state index in [9.17, 15) is 10.2 Å². The molecule has 0 aliphatic heterocycles. The highest BCUT2D eigenvalue weighted by Crippen LogP contribution is 2.27. The van der Waals surface area contributed by atoms with Crippen LogP contribution in [0.5, 0.6) is 5.75 Å². The van der Waals surface area contributed by atoms with Gasteiger partial charge in [-0.3, -0.25) is 0 Å². The van der Waals surface area contributed by atoms with Crippen molar-refractivity contribution in [3.63, 3.8) is 0 Å². The molecule has 22 heavy (non-hydrogen) atoms. The minimum Gasteiger partial charge on any atom is -0.507 e. The van der Waals surface area contributed by atoms with Gasteiger partial charge in [-0.15, -0.1) is 0 Å². The SMILES string of the molecule is Cc1cc(/C=C/C(O)c2cccc3ccoc23)cc(C)c1O. The topological polar surface area (TPSA) is 53.6 Å². The Hall–Kier alpha value is -2.52. The molecule has 1 heterocycles. The third kappa shape index (κ3) is 2.63. The van der Waals surface area contributed by atoms with Gasteiger partial charge < -0.3 is 14.6 Å². The molecule has 1 atom stereocenters. The van der Waals surface area contributed by atoms with Gasteiger partial charge in [0.2, 0.25) is 0 Å². The van der Waals surface area contributed by atoms with Gasteiger partial charge in [0.25, 0.3) is 0 Å². The second-order valence-electron chi connectivity index (χ2n) is 5.49. The molecule has 3 nitrogen and oxygen atoms in total. The summed E-state index contributed by atoms with van der Waals surface area (Å²) in [7, 11) is 0. The summed E-state index contributed by atoms with van der Waals surface area (Å²) in [6.45, 7) is 3.72. The predicted molar refractivity (Wildman–Crippen MR) is 87.8 cm³/mol. The Kier molecular flexibility index (Phi) is 3.73. The molecule has 2 N–H and O–H groups in total. The van der Waals surface area contributed by atoms with Gasteiger partial charge in [0.15, 0.2) is 0 Å².